The summed E-state index contributed by atoms with van der Waals surface area (Å²) in [5, 5.41) is 3.24. The van der Waals surface area contributed by atoms with Gasteiger partial charge in [0.1, 0.15) is 5.75 Å². The SMILES string of the molecule is CNC1CCCN(C(=O)c2ccc(OC)cc2)C1.Cl. The molecule has 1 aromatic carbocycles. The lowest BCUT2D eigenvalue weighted by atomic mass is 10.0. The van der Waals surface area contributed by atoms with Crippen LogP contribution in [0, 0.1) is 0 Å². The van der Waals surface area contributed by atoms with Gasteiger partial charge in [-0.25, -0.2) is 0 Å². The number of piperidine rings is 1. The van der Waals surface area contributed by atoms with Crippen LogP contribution in [0.1, 0.15) is 23.2 Å². The van der Waals surface area contributed by atoms with E-state index in [-0.39, 0.29) is 18.3 Å². The summed E-state index contributed by atoms with van der Waals surface area (Å²) in [4.78, 5) is 14.2. The number of hydrogen-bond donors (Lipinski definition) is 1. The van der Waals surface area contributed by atoms with Gasteiger partial charge in [0.05, 0.1) is 7.11 Å². The normalized spacial score (nSPS) is 18.6. The van der Waals surface area contributed by atoms with E-state index in [1.807, 2.05) is 36.2 Å². The molecule has 106 valence electrons. The van der Waals surface area contributed by atoms with Crippen molar-refractivity contribution < 1.29 is 9.53 Å². The van der Waals surface area contributed by atoms with Gasteiger partial charge in [-0.15, -0.1) is 12.4 Å². The van der Waals surface area contributed by atoms with Crippen molar-refractivity contribution in [3.63, 3.8) is 0 Å². The zero-order valence-electron chi connectivity index (χ0n) is 11.4. The molecule has 1 atom stereocenters. The van der Waals surface area contributed by atoms with Crippen molar-refractivity contribution in [2.75, 3.05) is 27.2 Å². The minimum atomic E-state index is 0. The maximum absolute atomic E-state index is 12.3. The van der Waals surface area contributed by atoms with Crippen molar-refractivity contribution in [1.29, 1.82) is 0 Å². The topological polar surface area (TPSA) is 41.6 Å². The monoisotopic (exact) mass is 284 g/mol. The van der Waals surface area contributed by atoms with Crippen LogP contribution < -0.4 is 10.1 Å². The molecule has 0 aliphatic carbocycles. The first-order valence-corrected chi connectivity index (χ1v) is 6.35. The Morgan fingerprint density at radius 3 is 2.63 bits per heavy atom. The molecule has 1 aromatic rings. The third-order valence-corrected chi connectivity index (χ3v) is 3.45. The molecule has 1 heterocycles. The Bertz CT molecular complexity index is 408. The Hall–Kier alpha value is -1.26. The first-order valence-electron chi connectivity index (χ1n) is 6.35. The molecule has 1 aliphatic heterocycles. The van der Waals surface area contributed by atoms with Crippen LogP contribution in [0.4, 0.5) is 0 Å². The number of likely N-dealkylation sites (N-methyl/N-ethyl adjacent to an activating group) is 1. The number of carbonyl (C=O) groups excluding carboxylic acids is 1. The van der Waals surface area contributed by atoms with E-state index in [0.717, 1.165) is 37.2 Å². The Balaban J connectivity index is 0.00000180. The lowest BCUT2D eigenvalue weighted by molar-refractivity contribution is 0.0698. The first-order chi connectivity index (χ1) is 8.74. The van der Waals surface area contributed by atoms with Crippen LogP contribution >= 0.6 is 12.4 Å². The lowest BCUT2D eigenvalue weighted by Crippen LogP contribution is -2.46. The van der Waals surface area contributed by atoms with Gasteiger partial charge in [0.25, 0.3) is 5.91 Å². The molecule has 0 spiro atoms. The van der Waals surface area contributed by atoms with Gasteiger partial charge in [-0.3, -0.25) is 4.79 Å². The largest absolute Gasteiger partial charge is 0.497 e. The molecule has 0 aromatic heterocycles. The van der Waals surface area contributed by atoms with Crippen molar-refractivity contribution in [1.82, 2.24) is 10.2 Å². The van der Waals surface area contributed by atoms with E-state index in [0.29, 0.717) is 6.04 Å². The number of halogens is 1. The van der Waals surface area contributed by atoms with Crippen molar-refractivity contribution in [3.8, 4) is 5.75 Å². The van der Waals surface area contributed by atoms with Gasteiger partial charge < -0.3 is 15.0 Å². The van der Waals surface area contributed by atoms with E-state index < -0.39 is 0 Å². The van der Waals surface area contributed by atoms with Crippen molar-refractivity contribution in [2.45, 2.75) is 18.9 Å². The summed E-state index contributed by atoms with van der Waals surface area (Å²) in [6.07, 6.45) is 2.20. The summed E-state index contributed by atoms with van der Waals surface area (Å²) in [7, 11) is 3.57. The molecule has 1 saturated heterocycles. The molecular formula is C14H21ClN2O2. The van der Waals surface area contributed by atoms with Gasteiger partial charge in [-0.05, 0) is 44.2 Å². The third kappa shape index (κ3) is 3.85. The molecule has 1 fully saturated rings. The highest BCUT2D eigenvalue weighted by Gasteiger charge is 2.23. The van der Waals surface area contributed by atoms with Crippen LogP contribution in [0.5, 0.6) is 5.75 Å². The van der Waals surface area contributed by atoms with Crippen molar-refractivity contribution in [2.24, 2.45) is 0 Å². The van der Waals surface area contributed by atoms with Crippen molar-refractivity contribution >= 4 is 18.3 Å². The molecule has 5 heteroatoms. The van der Waals surface area contributed by atoms with Gasteiger partial charge in [0, 0.05) is 24.7 Å². The predicted molar refractivity (Wildman–Crippen MR) is 78.2 cm³/mol. The molecule has 1 N–H and O–H groups in total. The fourth-order valence-corrected chi connectivity index (χ4v) is 2.31. The van der Waals surface area contributed by atoms with Gasteiger partial charge in [0.2, 0.25) is 0 Å². The Morgan fingerprint density at radius 2 is 2.05 bits per heavy atom. The fourth-order valence-electron chi connectivity index (χ4n) is 2.31. The molecule has 0 saturated carbocycles. The summed E-state index contributed by atoms with van der Waals surface area (Å²) >= 11 is 0. The highest BCUT2D eigenvalue weighted by Crippen LogP contribution is 2.16. The second-order valence-corrected chi connectivity index (χ2v) is 4.61. The van der Waals surface area contributed by atoms with Gasteiger partial charge in [-0.1, -0.05) is 0 Å². The summed E-state index contributed by atoms with van der Waals surface area (Å²) in [6.45, 7) is 1.64. The number of methoxy groups -OCH3 is 1. The number of hydrogen-bond acceptors (Lipinski definition) is 3. The Labute approximate surface area is 120 Å². The van der Waals surface area contributed by atoms with E-state index in [2.05, 4.69) is 5.32 Å². The number of amides is 1. The van der Waals surface area contributed by atoms with E-state index in [4.69, 9.17) is 4.74 Å². The molecule has 19 heavy (non-hydrogen) atoms. The van der Waals surface area contributed by atoms with Crippen LogP contribution in [0.25, 0.3) is 0 Å². The average molecular weight is 285 g/mol. The maximum atomic E-state index is 12.3. The van der Waals surface area contributed by atoms with Crippen molar-refractivity contribution in [3.05, 3.63) is 29.8 Å². The van der Waals surface area contributed by atoms with E-state index >= 15 is 0 Å². The fraction of sp³-hybridized carbons (Fsp3) is 0.500. The zero-order valence-corrected chi connectivity index (χ0v) is 12.2. The van der Waals surface area contributed by atoms with Gasteiger partial charge in [-0.2, -0.15) is 0 Å². The van der Waals surface area contributed by atoms with Crippen LogP contribution in [0.15, 0.2) is 24.3 Å². The number of benzene rings is 1. The summed E-state index contributed by atoms with van der Waals surface area (Å²) in [6, 6.07) is 7.72. The predicted octanol–water partition coefficient (Wildman–Crippen LogP) is 1.94. The Kier molecular flexibility index (Phi) is 6.12. The number of likely N-dealkylation sites (tertiary alicyclic amines) is 1. The number of nitrogens with one attached hydrogen (secondary N) is 1. The summed E-state index contributed by atoms with van der Waals surface area (Å²) in [5.41, 5.74) is 0.729. The standard InChI is InChI=1S/C14H20N2O2.ClH/c1-15-12-4-3-9-16(10-12)14(17)11-5-7-13(18-2)8-6-11;/h5-8,12,15H,3-4,9-10H2,1-2H3;1H. The molecule has 0 radical (unpaired) electrons. The quantitative estimate of drug-likeness (QED) is 0.922. The highest BCUT2D eigenvalue weighted by molar-refractivity contribution is 5.94. The number of rotatable bonds is 3. The second kappa shape index (κ2) is 7.36. The third-order valence-electron chi connectivity index (χ3n) is 3.45. The van der Waals surface area contributed by atoms with Gasteiger partial charge in [0.15, 0.2) is 0 Å². The number of ether oxygens (including phenoxy) is 1. The smallest absolute Gasteiger partial charge is 0.253 e. The summed E-state index contributed by atoms with van der Waals surface area (Å²) in [5.74, 6) is 0.885. The maximum Gasteiger partial charge on any atom is 0.253 e. The summed E-state index contributed by atoms with van der Waals surface area (Å²) < 4.78 is 5.09. The molecule has 1 unspecified atom stereocenters. The van der Waals surface area contributed by atoms with E-state index in [9.17, 15) is 4.79 Å². The minimum absolute atomic E-state index is 0. The number of carbonyl (C=O) groups is 1. The molecular weight excluding hydrogens is 264 g/mol. The molecule has 0 bridgehead atoms. The molecule has 1 aliphatic rings. The van der Waals surface area contributed by atoms with Crippen LogP contribution in [-0.2, 0) is 0 Å². The molecule has 4 nitrogen and oxygen atoms in total. The lowest BCUT2D eigenvalue weighted by Gasteiger charge is -2.32. The van der Waals surface area contributed by atoms with Crippen LogP contribution in [0.2, 0.25) is 0 Å². The number of nitrogens with zero attached hydrogens (tertiary/aromatic N) is 1. The molecule has 2 rings (SSSR count). The van der Waals surface area contributed by atoms with E-state index in [1.165, 1.54) is 0 Å². The second-order valence-electron chi connectivity index (χ2n) is 4.61. The van der Waals surface area contributed by atoms with Crippen LogP contribution in [-0.4, -0.2) is 44.1 Å². The highest BCUT2D eigenvalue weighted by atomic mass is 35.5. The first kappa shape index (κ1) is 15.8. The Morgan fingerprint density at radius 1 is 1.37 bits per heavy atom. The average Bonchev–Trinajstić information content (AvgIpc) is 2.46. The minimum Gasteiger partial charge on any atom is -0.497 e. The zero-order chi connectivity index (χ0) is 13.0. The van der Waals surface area contributed by atoms with Crippen LogP contribution in [0.3, 0.4) is 0 Å². The molecule has 1 amide bonds. The van der Waals surface area contributed by atoms with E-state index in [1.54, 1.807) is 7.11 Å². The van der Waals surface area contributed by atoms with Gasteiger partial charge >= 0.3 is 0 Å².